The quantitative estimate of drug-likeness (QED) is 0.313. The highest BCUT2D eigenvalue weighted by Crippen LogP contribution is 2.27. The Labute approximate surface area is 201 Å². The van der Waals surface area contributed by atoms with Crippen molar-refractivity contribution in [2.24, 2.45) is 0 Å². The Kier molecular flexibility index (Phi) is 6.98. The van der Waals surface area contributed by atoms with E-state index in [0.717, 1.165) is 22.6 Å². The summed E-state index contributed by atoms with van der Waals surface area (Å²) in [6.45, 7) is 0.484. The summed E-state index contributed by atoms with van der Waals surface area (Å²) in [6.07, 6.45) is 0. The molecular weight excluding hydrogens is 478 g/mol. The highest BCUT2D eigenvalue weighted by molar-refractivity contribution is 7.94. The molecule has 2 N–H and O–H groups in total. The van der Waals surface area contributed by atoms with Gasteiger partial charge in [-0.2, -0.15) is 0 Å². The predicted octanol–water partition coefficient (Wildman–Crippen LogP) is 5.55. The van der Waals surface area contributed by atoms with Gasteiger partial charge in [0.1, 0.15) is 4.21 Å². The van der Waals surface area contributed by atoms with Crippen molar-refractivity contribution < 1.29 is 13.2 Å². The molecule has 0 unspecified atom stereocenters. The number of anilines is 2. The summed E-state index contributed by atoms with van der Waals surface area (Å²) in [5, 5.41) is 1.77. The monoisotopic (exact) mass is 497 g/mol. The molecule has 1 amide bonds. The van der Waals surface area contributed by atoms with Crippen LogP contribution in [0.25, 0.3) is 0 Å². The van der Waals surface area contributed by atoms with Crippen molar-refractivity contribution in [3.05, 3.63) is 113 Å². The van der Waals surface area contributed by atoms with Gasteiger partial charge in [0.15, 0.2) is 0 Å². The number of hydrogen-bond acceptors (Lipinski definition) is 5. The highest BCUT2D eigenvalue weighted by Gasteiger charge is 2.17. The fraction of sp³-hybridized carbons (Fsp3) is 0.0417. The van der Waals surface area contributed by atoms with Crippen LogP contribution in [0.5, 0.6) is 0 Å². The molecule has 0 aliphatic heterocycles. The zero-order valence-corrected chi connectivity index (χ0v) is 19.7. The minimum absolute atomic E-state index is 0.119. The van der Waals surface area contributed by atoms with Crippen LogP contribution in [0.1, 0.15) is 15.9 Å². The van der Waals surface area contributed by atoms with Crippen LogP contribution in [0, 0.1) is 0 Å². The topological polar surface area (TPSA) is 78.5 Å². The number of para-hydroxylation sites is 1. The fourth-order valence-corrected chi connectivity index (χ4v) is 5.63. The summed E-state index contributed by atoms with van der Waals surface area (Å²) in [5.41, 5.74) is 5.56. The van der Waals surface area contributed by atoms with Crippen molar-refractivity contribution in [1.29, 1.82) is 0 Å². The lowest BCUT2D eigenvalue weighted by Gasteiger charge is -2.25. The molecule has 0 fully saturated rings. The average Bonchev–Trinajstić information content (AvgIpc) is 3.27. The number of amides is 1. The molecule has 0 aliphatic rings. The second-order valence-electron chi connectivity index (χ2n) is 7.09. The normalized spacial score (nSPS) is 11.1. The Balaban J connectivity index is 1.48. The summed E-state index contributed by atoms with van der Waals surface area (Å²) in [4.78, 5) is 12.9. The first-order valence-electron chi connectivity index (χ1n) is 9.96. The number of nitrogens with zero attached hydrogens (tertiary/aromatic N) is 1. The van der Waals surface area contributed by atoms with Gasteiger partial charge < -0.3 is 0 Å². The molecular formula is C24H20ClN3O3S2. The second-order valence-corrected chi connectivity index (χ2v) is 10.7. The number of nitrogens with one attached hydrogen (secondary N) is 2. The smallest absolute Gasteiger partial charge is 0.271 e. The number of halogens is 1. The van der Waals surface area contributed by atoms with E-state index in [0.29, 0.717) is 22.1 Å². The summed E-state index contributed by atoms with van der Waals surface area (Å²) in [6, 6.07) is 28.6. The Bertz CT molecular complexity index is 1330. The predicted molar refractivity (Wildman–Crippen MR) is 133 cm³/mol. The van der Waals surface area contributed by atoms with Gasteiger partial charge in [0.25, 0.3) is 15.9 Å². The average molecular weight is 498 g/mol. The number of hydrogen-bond donors (Lipinski definition) is 2. The third-order valence-electron chi connectivity index (χ3n) is 4.70. The molecule has 9 heteroatoms. The zero-order chi connectivity index (χ0) is 23.3. The van der Waals surface area contributed by atoms with Gasteiger partial charge in [-0.3, -0.25) is 20.0 Å². The van der Waals surface area contributed by atoms with Crippen molar-refractivity contribution in [1.82, 2.24) is 5.43 Å². The third kappa shape index (κ3) is 5.92. The summed E-state index contributed by atoms with van der Waals surface area (Å²) in [5.74, 6) is -0.311. The van der Waals surface area contributed by atoms with Crippen LogP contribution >= 0.6 is 22.9 Å². The molecule has 0 spiro atoms. The van der Waals surface area contributed by atoms with Gasteiger partial charge in [-0.25, -0.2) is 8.42 Å². The molecule has 4 aromatic rings. The fourth-order valence-electron chi connectivity index (χ4n) is 3.09. The van der Waals surface area contributed by atoms with E-state index in [1.165, 1.54) is 12.1 Å². The molecule has 4 rings (SSSR count). The number of sulfonamides is 1. The second kappa shape index (κ2) is 10.1. The minimum atomic E-state index is -3.74. The largest absolute Gasteiger partial charge is 0.281 e. The number of carbonyl (C=O) groups is 1. The van der Waals surface area contributed by atoms with E-state index in [2.05, 4.69) is 10.1 Å². The van der Waals surface area contributed by atoms with Gasteiger partial charge in [0, 0.05) is 11.3 Å². The van der Waals surface area contributed by atoms with Crippen LogP contribution in [0.2, 0.25) is 4.34 Å². The molecule has 3 aromatic carbocycles. The van der Waals surface area contributed by atoms with Crippen molar-refractivity contribution in [2.75, 3.05) is 9.73 Å². The van der Waals surface area contributed by atoms with E-state index in [-0.39, 0.29) is 10.1 Å². The van der Waals surface area contributed by atoms with Gasteiger partial charge in [-0.15, -0.1) is 11.3 Å². The van der Waals surface area contributed by atoms with Gasteiger partial charge in [-0.05, 0) is 54.1 Å². The lowest BCUT2D eigenvalue weighted by molar-refractivity contribution is 0.0948. The molecule has 1 aromatic heterocycles. The molecule has 0 atom stereocenters. The molecule has 0 radical (unpaired) electrons. The number of benzene rings is 3. The zero-order valence-electron chi connectivity index (χ0n) is 17.3. The maximum atomic E-state index is 12.9. The van der Waals surface area contributed by atoms with Crippen molar-refractivity contribution in [3.8, 4) is 0 Å². The van der Waals surface area contributed by atoms with Crippen LogP contribution < -0.4 is 15.2 Å². The third-order valence-corrected chi connectivity index (χ3v) is 7.80. The number of carbonyl (C=O) groups excluding carboxylic acids is 1. The van der Waals surface area contributed by atoms with E-state index < -0.39 is 10.0 Å². The molecule has 33 heavy (non-hydrogen) atoms. The van der Waals surface area contributed by atoms with Crippen LogP contribution in [-0.4, -0.2) is 14.3 Å². The minimum Gasteiger partial charge on any atom is -0.281 e. The standard InChI is InChI=1S/C24H20ClN3O3S2/c25-22-15-16-23(32-22)33(30,31)27-20-13-11-19(12-14-20)24(29)26-28(21-9-5-2-6-10-21)17-18-7-3-1-4-8-18/h1-16,27H,17H2,(H,26,29). The molecule has 0 saturated heterocycles. The number of hydrazine groups is 1. The molecule has 168 valence electrons. The number of thiophene rings is 1. The molecule has 0 aliphatic carbocycles. The first kappa shape index (κ1) is 22.8. The highest BCUT2D eigenvalue weighted by atomic mass is 35.5. The first-order chi connectivity index (χ1) is 15.9. The van der Waals surface area contributed by atoms with Crippen molar-refractivity contribution >= 4 is 50.2 Å². The maximum absolute atomic E-state index is 12.9. The van der Waals surface area contributed by atoms with E-state index in [1.807, 2.05) is 60.7 Å². The van der Waals surface area contributed by atoms with Crippen molar-refractivity contribution in [3.63, 3.8) is 0 Å². The first-order valence-corrected chi connectivity index (χ1v) is 12.6. The van der Waals surface area contributed by atoms with Crippen LogP contribution in [0.15, 0.2) is 101 Å². The Morgan fingerprint density at radius 1 is 0.848 bits per heavy atom. The summed E-state index contributed by atoms with van der Waals surface area (Å²) >= 11 is 6.81. The van der Waals surface area contributed by atoms with Crippen molar-refractivity contribution in [2.45, 2.75) is 10.8 Å². The van der Waals surface area contributed by atoms with Gasteiger partial charge in [-0.1, -0.05) is 60.1 Å². The van der Waals surface area contributed by atoms with E-state index >= 15 is 0 Å². The summed E-state index contributed by atoms with van der Waals surface area (Å²) < 4.78 is 27.9. The van der Waals surface area contributed by atoms with Crippen LogP contribution in [-0.2, 0) is 16.6 Å². The number of rotatable bonds is 8. The van der Waals surface area contributed by atoms with Gasteiger partial charge in [0.05, 0.1) is 16.6 Å². The summed E-state index contributed by atoms with van der Waals surface area (Å²) in [7, 11) is -3.74. The Morgan fingerprint density at radius 2 is 1.48 bits per heavy atom. The van der Waals surface area contributed by atoms with E-state index in [4.69, 9.17) is 11.6 Å². The lowest BCUT2D eigenvalue weighted by atomic mass is 10.2. The van der Waals surface area contributed by atoms with Crippen LogP contribution in [0.4, 0.5) is 11.4 Å². The Morgan fingerprint density at radius 3 is 2.09 bits per heavy atom. The Hall–Kier alpha value is -3.33. The molecule has 0 saturated carbocycles. The van der Waals surface area contributed by atoms with Gasteiger partial charge in [0.2, 0.25) is 0 Å². The van der Waals surface area contributed by atoms with E-state index in [1.54, 1.807) is 29.3 Å². The van der Waals surface area contributed by atoms with E-state index in [9.17, 15) is 13.2 Å². The van der Waals surface area contributed by atoms with Crippen LogP contribution in [0.3, 0.4) is 0 Å². The SMILES string of the molecule is O=C(NN(Cc1ccccc1)c1ccccc1)c1ccc(NS(=O)(=O)c2ccc(Cl)s2)cc1. The molecule has 1 heterocycles. The maximum Gasteiger partial charge on any atom is 0.271 e. The molecule has 0 bridgehead atoms. The van der Waals surface area contributed by atoms with Gasteiger partial charge >= 0.3 is 0 Å². The lowest BCUT2D eigenvalue weighted by Crippen LogP contribution is -2.42. The molecule has 6 nitrogen and oxygen atoms in total.